The summed E-state index contributed by atoms with van der Waals surface area (Å²) in [6.45, 7) is 6.40. The van der Waals surface area contributed by atoms with Crippen molar-refractivity contribution in [1.82, 2.24) is 24.9 Å². The highest BCUT2D eigenvalue weighted by molar-refractivity contribution is 5.76. The van der Waals surface area contributed by atoms with E-state index in [9.17, 15) is 4.39 Å². The number of nitrogens with one attached hydrogen (secondary N) is 1. The van der Waals surface area contributed by atoms with Crippen LogP contribution in [0.2, 0.25) is 0 Å². The summed E-state index contributed by atoms with van der Waals surface area (Å²) in [5, 5.41) is 13.2. The predicted octanol–water partition coefficient (Wildman–Crippen LogP) is 4.19. The van der Waals surface area contributed by atoms with Crippen molar-refractivity contribution in [3.8, 4) is 28.3 Å². The van der Waals surface area contributed by atoms with Crippen LogP contribution >= 0.6 is 0 Å². The van der Waals surface area contributed by atoms with Crippen LogP contribution in [-0.4, -0.2) is 24.9 Å². The van der Waals surface area contributed by atoms with E-state index in [-0.39, 0.29) is 5.82 Å². The molecule has 3 heterocycles. The van der Waals surface area contributed by atoms with Crippen LogP contribution in [0.4, 0.5) is 15.9 Å². The molecular formula is C22H22FN7O. The van der Waals surface area contributed by atoms with Crippen molar-refractivity contribution in [2.24, 2.45) is 0 Å². The second-order valence-electron chi connectivity index (χ2n) is 7.54. The van der Waals surface area contributed by atoms with Crippen molar-refractivity contribution in [2.45, 2.75) is 33.4 Å². The fourth-order valence-electron chi connectivity index (χ4n) is 3.91. The summed E-state index contributed by atoms with van der Waals surface area (Å²) < 4.78 is 22.2. The van der Waals surface area contributed by atoms with Gasteiger partial charge in [0.2, 0.25) is 0 Å². The fraction of sp³-hybridized carbons (Fsp3) is 0.227. The van der Waals surface area contributed by atoms with E-state index in [1.165, 1.54) is 12.1 Å². The molecule has 2 aromatic carbocycles. The Balaban J connectivity index is 1.81. The van der Waals surface area contributed by atoms with Crippen LogP contribution in [0.5, 0.6) is 5.75 Å². The molecule has 0 aliphatic carbocycles. The standard InChI is InChI=1S/C22H22FN7O/c1-4-29-21-14-5-8-18(24)20(10-14)31-13(3)17-11-15(23)6-7-16(17)19-9-12(2)26-30(19)27-22(21)25-28-29/h5-11,13,27H,4,24H2,1-3H3/t13-/m1/s1. The number of nitrogen functional groups attached to an aromatic ring is 1. The van der Waals surface area contributed by atoms with Gasteiger partial charge in [-0.3, -0.25) is 5.43 Å². The van der Waals surface area contributed by atoms with Crippen molar-refractivity contribution in [1.29, 1.82) is 0 Å². The number of benzene rings is 2. The first kappa shape index (κ1) is 19.1. The number of rotatable bonds is 1. The number of aryl methyl sites for hydroxylation is 2. The first-order valence-corrected chi connectivity index (χ1v) is 10.1. The highest BCUT2D eigenvalue weighted by atomic mass is 19.1. The lowest BCUT2D eigenvalue weighted by molar-refractivity contribution is 0.228. The van der Waals surface area contributed by atoms with Gasteiger partial charge in [0.1, 0.15) is 23.4 Å². The van der Waals surface area contributed by atoms with Crippen LogP contribution in [0.3, 0.4) is 0 Å². The Morgan fingerprint density at radius 3 is 2.84 bits per heavy atom. The molecule has 0 unspecified atom stereocenters. The van der Waals surface area contributed by atoms with Crippen molar-refractivity contribution < 1.29 is 9.13 Å². The molecule has 9 heteroatoms. The van der Waals surface area contributed by atoms with Crippen LogP contribution < -0.4 is 15.9 Å². The van der Waals surface area contributed by atoms with E-state index in [0.717, 1.165) is 28.2 Å². The minimum atomic E-state index is -0.458. The molecule has 0 saturated carbocycles. The summed E-state index contributed by atoms with van der Waals surface area (Å²) in [4.78, 5) is 1.64. The van der Waals surface area contributed by atoms with Crippen LogP contribution in [0.1, 0.15) is 31.2 Å². The third-order valence-electron chi connectivity index (χ3n) is 5.40. The Labute approximate surface area is 178 Å². The third kappa shape index (κ3) is 3.18. The highest BCUT2D eigenvalue weighted by Gasteiger charge is 2.23. The molecule has 1 aliphatic rings. The second kappa shape index (κ2) is 7.12. The van der Waals surface area contributed by atoms with E-state index >= 15 is 0 Å². The van der Waals surface area contributed by atoms with Gasteiger partial charge in [0.15, 0.2) is 5.82 Å². The number of hydrogen-bond donors (Lipinski definition) is 2. The number of anilines is 2. The summed E-state index contributed by atoms with van der Waals surface area (Å²) in [7, 11) is 0. The van der Waals surface area contributed by atoms with Crippen LogP contribution in [-0.2, 0) is 6.54 Å². The molecule has 5 rings (SSSR count). The van der Waals surface area contributed by atoms with Crippen LogP contribution in [0.15, 0.2) is 42.5 Å². The number of aromatic nitrogens is 5. The lowest BCUT2D eigenvalue weighted by Crippen LogP contribution is -2.16. The van der Waals surface area contributed by atoms with Gasteiger partial charge in [-0.25, -0.2) is 9.07 Å². The summed E-state index contributed by atoms with van der Waals surface area (Å²) >= 11 is 0. The Kier molecular flexibility index (Phi) is 4.39. The largest absolute Gasteiger partial charge is 0.484 e. The van der Waals surface area contributed by atoms with E-state index in [1.54, 1.807) is 21.6 Å². The van der Waals surface area contributed by atoms with E-state index in [1.807, 2.05) is 39.0 Å². The quantitative estimate of drug-likeness (QED) is 0.449. The van der Waals surface area contributed by atoms with Crippen molar-refractivity contribution in [3.05, 3.63) is 59.5 Å². The normalized spacial score (nSPS) is 14.9. The van der Waals surface area contributed by atoms with E-state index in [4.69, 9.17) is 10.5 Å². The zero-order valence-electron chi connectivity index (χ0n) is 17.4. The van der Waals surface area contributed by atoms with E-state index < -0.39 is 6.10 Å². The lowest BCUT2D eigenvalue weighted by atomic mass is 10.00. The predicted molar refractivity (Wildman–Crippen MR) is 116 cm³/mol. The van der Waals surface area contributed by atoms with Gasteiger partial charge in [0, 0.05) is 23.2 Å². The molecule has 2 bridgehead atoms. The second-order valence-corrected chi connectivity index (χ2v) is 7.54. The lowest BCUT2D eigenvalue weighted by Gasteiger charge is -2.22. The van der Waals surface area contributed by atoms with Crippen LogP contribution in [0, 0.1) is 12.7 Å². The molecule has 2 aromatic heterocycles. The molecule has 0 spiro atoms. The number of ether oxygens (including phenoxy) is 1. The summed E-state index contributed by atoms with van der Waals surface area (Å²) in [5.74, 6) is 0.714. The molecule has 0 radical (unpaired) electrons. The van der Waals surface area contributed by atoms with Gasteiger partial charge in [-0.1, -0.05) is 11.3 Å². The maximum absolute atomic E-state index is 14.2. The van der Waals surface area contributed by atoms with Crippen molar-refractivity contribution in [3.63, 3.8) is 0 Å². The minimum Gasteiger partial charge on any atom is -0.484 e. The van der Waals surface area contributed by atoms with E-state index in [2.05, 4.69) is 20.8 Å². The maximum atomic E-state index is 14.2. The Morgan fingerprint density at radius 1 is 1.19 bits per heavy atom. The van der Waals surface area contributed by atoms with Crippen molar-refractivity contribution in [2.75, 3.05) is 11.2 Å². The molecule has 158 valence electrons. The van der Waals surface area contributed by atoms with Gasteiger partial charge in [-0.2, -0.15) is 9.89 Å². The molecule has 0 amide bonds. The smallest absolute Gasteiger partial charge is 0.196 e. The number of halogens is 1. The molecule has 0 fully saturated rings. The van der Waals surface area contributed by atoms with Gasteiger partial charge < -0.3 is 10.5 Å². The Hall–Kier alpha value is -3.88. The summed E-state index contributed by atoms with van der Waals surface area (Å²) in [5.41, 5.74) is 14.7. The summed E-state index contributed by atoms with van der Waals surface area (Å²) in [6, 6.07) is 12.1. The van der Waals surface area contributed by atoms with Gasteiger partial charge in [-0.05, 0) is 57.2 Å². The van der Waals surface area contributed by atoms with Gasteiger partial charge in [-0.15, -0.1) is 5.10 Å². The van der Waals surface area contributed by atoms with Crippen molar-refractivity contribution >= 4 is 11.5 Å². The number of hydrogen-bond acceptors (Lipinski definition) is 6. The average molecular weight is 419 g/mol. The molecule has 31 heavy (non-hydrogen) atoms. The monoisotopic (exact) mass is 419 g/mol. The zero-order chi connectivity index (χ0) is 21.7. The molecule has 0 saturated heterocycles. The third-order valence-corrected chi connectivity index (χ3v) is 5.40. The Morgan fingerprint density at radius 2 is 2.03 bits per heavy atom. The molecule has 8 nitrogen and oxygen atoms in total. The van der Waals surface area contributed by atoms with Crippen LogP contribution in [0.25, 0.3) is 22.5 Å². The molecule has 4 aromatic rings. The van der Waals surface area contributed by atoms with Gasteiger partial charge in [0.25, 0.3) is 0 Å². The number of nitrogens with zero attached hydrogens (tertiary/aromatic N) is 5. The zero-order valence-corrected chi connectivity index (χ0v) is 17.4. The first-order chi connectivity index (χ1) is 14.9. The summed E-state index contributed by atoms with van der Waals surface area (Å²) in [6.07, 6.45) is -0.458. The molecule has 1 aliphatic heterocycles. The molecule has 3 N–H and O–H groups in total. The van der Waals surface area contributed by atoms with Gasteiger partial charge in [0.05, 0.1) is 17.1 Å². The number of nitrogens with two attached hydrogens (primary N) is 1. The van der Waals surface area contributed by atoms with E-state index in [0.29, 0.717) is 29.4 Å². The first-order valence-electron chi connectivity index (χ1n) is 10.1. The highest BCUT2D eigenvalue weighted by Crippen LogP contribution is 2.38. The Bertz CT molecular complexity index is 1290. The fourth-order valence-corrected chi connectivity index (χ4v) is 3.91. The maximum Gasteiger partial charge on any atom is 0.196 e. The van der Waals surface area contributed by atoms with Gasteiger partial charge >= 0.3 is 0 Å². The topological polar surface area (TPSA) is 95.8 Å². The minimum absolute atomic E-state index is 0.341. The average Bonchev–Trinajstić information content (AvgIpc) is 3.32. The number of fused-ring (bicyclic) bond motifs is 7. The molecular weight excluding hydrogens is 397 g/mol. The molecule has 1 atom stereocenters. The SMILES string of the molecule is CCn1nnc2c1-c1ccc(N)c(c1)O[C@H](C)c1cc(F)ccc1-c1cc(C)nn1N2.